The Hall–Kier alpha value is 0.270. The molecule has 2 nitrogen and oxygen atoms in total. The summed E-state index contributed by atoms with van der Waals surface area (Å²) in [5.74, 6) is 3.61. The van der Waals surface area contributed by atoms with Gasteiger partial charge in [-0.2, -0.15) is 11.8 Å². The molecule has 1 aliphatic heterocycles. The van der Waals surface area contributed by atoms with Gasteiger partial charge < -0.3 is 10.2 Å². The van der Waals surface area contributed by atoms with Crippen molar-refractivity contribution in [3.8, 4) is 0 Å². The van der Waals surface area contributed by atoms with Gasteiger partial charge in [-0.15, -0.1) is 0 Å². The van der Waals surface area contributed by atoms with Crippen molar-refractivity contribution in [3.05, 3.63) is 0 Å². The van der Waals surface area contributed by atoms with Crippen molar-refractivity contribution in [3.63, 3.8) is 0 Å². The first-order chi connectivity index (χ1) is 7.84. The van der Waals surface area contributed by atoms with E-state index in [0.29, 0.717) is 0 Å². The van der Waals surface area contributed by atoms with Crippen molar-refractivity contribution in [2.24, 2.45) is 5.92 Å². The highest BCUT2D eigenvalue weighted by molar-refractivity contribution is 7.99. The van der Waals surface area contributed by atoms with Crippen LogP contribution in [-0.4, -0.2) is 48.6 Å². The van der Waals surface area contributed by atoms with Gasteiger partial charge in [0.05, 0.1) is 0 Å². The molecule has 0 bridgehead atoms. The van der Waals surface area contributed by atoms with E-state index in [1.165, 1.54) is 63.4 Å². The first-order valence-electron chi connectivity index (χ1n) is 6.88. The molecule has 2 rings (SSSR count). The minimum atomic E-state index is 0.808. The van der Waals surface area contributed by atoms with E-state index in [-0.39, 0.29) is 0 Å². The SMILES string of the molecule is CC1CCCC(NCCN2CCSCC2)C1. The van der Waals surface area contributed by atoms with Crippen molar-refractivity contribution in [1.29, 1.82) is 0 Å². The van der Waals surface area contributed by atoms with Crippen molar-refractivity contribution in [2.45, 2.75) is 38.6 Å². The summed E-state index contributed by atoms with van der Waals surface area (Å²) < 4.78 is 0. The van der Waals surface area contributed by atoms with E-state index in [9.17, 15) is 0 Å². The molecule has 0 radical (unpaired) electrons. The molecule has 0 aromatic rings. The van der Waals surface area contributed by atoms with Crippen LogP contribution >= 0.6 is 11.8 Å². The van der Waals surface area contributed by atoms with Crippen LogP contribution in [0.25, 0.3) is 0 Å². The lowest BCUT2D eigenvalue weighted by Crippen LogP contribution is -2.41. The van der Waals surface area contributed by atoms with E-state index in [4.69, 9.17) is 0 Å². The molecule has 16 heavy (non-hydrogen) atoms. The molecule has 2 atom stereocenters. The Balaban J connectivity index is 1.56. The van der Waals surface area contributed by atoms with Crippen LogP contribution < -0.4 is 5.32 Å². The molecule has 2 fully saturated rings. The summed E-state index contributed by atoms with van der Waals surface area (Å²) in [6.45, 7) is 7.45. The van der Waals surface area contributed by atoms with E-state index >= 15 is 0 Å². The van der Waals surface area contributed by atoms with Gasteiger partial charge in [-0.25, -0.2) is 0 Å². The van der Waals surface area contributed by atoms with Crippen molar-refractivity contribution < 1.29 is 0 Å². The Kier molecular flexibility index (Phi) is 5.46. The van der Waals surface area contributed by atoms with Gasteiger partial charge in [-0.3, -0.25) is 0 Å². The normalized spacial score (nSPS) is 32.8. The minimum absolute atomic E-state index is 0.808. The monoisotopic (exact) mass is 242 g/mol. The largest absolute Gasteiger partial charge is 0.313 e. The molecule has 1 saturated carbocycles. The predicted molar refractivity (Wildman–Crippen MR) is 73.2 cm³/mol. The molecular weight excluding hydrogens is 216 g/mol. The lowest BCUT2D eigenvalue weighted by molar-refractivity contribution is 0.265. The van der Waals surface area contributed by atoms with Crippen LogP contribution in [0.2, 0.25) is 0 Å². The van der Waals surface area contributed by atoms with Crippen LogP contribution in [0.3, 0.4) is 0 Å². The van der Waals surface area contributed by atoms with Crippen LogP contribution in [0.15, 0.2) is 0 Å². The van der Waals surface area contributed by atoms with Crippen molar-refractivity contribution in [1.82, 2.24) is 10.2 Å². The standard InChI is InChI=1S/C13H26N2S/c1-12-3-2-4-13(11-12)14-5-6-15-7-9-16-10-8-15/h12-14H,2-11H2,1H3. The summed E-state index contributed by atoms with van der Waals surface area (Å²) in [6.07, 6.45) is 5.68. The summed E-state index contributed by atoms with van der Waals surface area (Å²) in [5.41, 5.74) is 0. The summed E-state index contributed by atoms with van der Waals surface area (Å²) >= 11 is 2.10. The predicted octanol–water partition coefficient (Wildman–Crippen LogP) is 2.20. The third kappa shape index (κ3) is 4.27. The molecule has 94 valence electrons. The second-order valence-electron chi connectivity index (χ2n) is 5.38. The molecule has 2 aliphatic rings. The molecule has 2 unspecified atom stereocenters. The molecule has 0 spiro atoms. The van der Waals surface area contributed by atoms with E-state index < -0.39 is 0 Å². The number of rotatable bonds is 4. The van der Waals surface area contributed by atoms with Crippen LogP contribution in [0.1, 0.15) is 32.6 Å². The van der Waals surface area contributed by atoms with Gasteiger partial charge in [0.2, 0.25) is 0 Å². The van der Waals surface area contributed by atoms with Crippen LogP contribution in [-0.2, 0) is 0 Å². The highest BCUT2D eigenvalue weighted by Crippen LogP contribution is 2.23. The zero-order valence-corrected chi connectivity index (χ0v) is 11.4. The highest BCUT2D eigenvalue weighted by Gasteiger charge is 2.18. The molecule has 1 saturated heterocycles. The number of nitrogens with one attached hydrogen (secondary N) is 1. The van der Waals surface area contributed by atoms with Crippen LogP contribution in [0.5, 0.6) is 0 Å². The van der Waals surface area contributed by atoms with Crippen molar-refractivity contribution >= 4 is 11.8 Å². The Morgan fingerprint density at radius 2 is 2.06 bits per heavy atom. The summed E-state index contributed by atoms with van der Waals surface area (Å²) in [4.78, 5) is 2.61. The molecule has 1 aliphatic carbocycles. The highest BCUT2D eigenvalue weighted by atomic mass is 32.2. The number of hydrogen-bond acceptors (Lipinski definition) is 3. The Morgan fingerprint density at radius 1 is 1.25 bits per heavy atom. The average Bonchev–Trinajstić information content (AvgIpc) is 2.30. The van der Waals surface area contributed by atoms with Gasteiger partial charge in [-0.05, 0) is 18.8 Å². The fourth-order valence-electron chi connectivity index (χ4n) is 2.87. The maximum atomic E-state index is 3.75. The Labute approximate surface area is 105 Å². The molecule has 1 heterocycles. The van der Waals surface area contributed by atoms with Crippen LogP contribution in [0, 0.1) is 5.92 Å². The van der Waals surface area contributed by atoms with Gasteiger partial charge in [0.1, 0.15) is 0 Å². The van der Waals surface area contributed by atoms with Crippen LogP contribution in [0.4, 0.5) is 0 Å². The minimum Gasteiger partial charge on any atom is -0.313 e. The van der Waals surface area contributed by atoms with Gasteiger partial charge >= 0.3 is 0 Å². The molecule has 3 heteroatoms. The lowest BCUT2D eigenvalue weighted by atomic mass is 9.87. The second-order valence-corrected chi connectivity index (χ2v) is 6.60. The zero-order valence-electron chi connectivity index (χ0n) is 10.6. The topological polar surface area (TPSA) is 15.3 Å². The first kappa shape index (κ1) is 12.7. The van der Waals surface area contributed by atoms with E-state index in [2.05, 4.69) is 28.9 Å². The molecule has 0 aromatic heterocycles. The molecule has 0 amide bonds. The van der Waals surface area contributed by atoms with E-state index in [1.807, 2.05) is 0 Å². The summed E-state index contributed by atoms with van der Waals surface area (Å²) in [5, 5.41) is 3.75. The van der Waals surface area contributed by atoms with E-state index in [0.717, 1.165) is 12.0 Å². The Morgan fingerprint density at radius 3 is 2.81 bits per heavy atom. The molecule has 1 N–H and O–H groups in total. The zero-order chi connectivity index (χ0) is 11.2. The van der Waals surface area contributed by atoms with E-state index in [1.54, 1.807) is 0 Å². The van der Waals surface area contributed by atoms with Gasteiger partial charge in [0, 0.05) is 43.7 Å². The number of nitrogens with zero attached hydrogens (tertiary/aromatic N) is 1. The third-order valence-corrected chi connectivity index (χ3v) is 4.84. The fourth-order valence-corrected chi connectivity index (χ4v) is 3.85. The second kappa shape index (κ2) is 6.87. The maximum Gasteiger partial charge on any atom is 0.0108 e. The maximum absolute atomic E-state index is 3.75. The Bertz CT molecular complexity index is 192. The quantitative estimate of drug-likeness (QED) is 0.814. The molecule has 0 aromatic carbocycles. The average molecular weight is 242 g/mol. The lowest BCUT2D eigenvalue weighted by Gasteiger charge is -2.30. The number of thioether (sulfide) groups is 1. The number of hydrogen-bond donors (Lipinski definition) is 1. The van der Waals surface area contributed by atoms with Gasteiger partial charge in [0.25, 0.3) is 0 Å². The van der Waals surface area contributed by atoms with Gasteiger partial charge in [0.15, 0.2) is 0 Å². The third-order valence-electron chi connectivity index (χ3n) is 3.90. The van der Waals surface area contributed by atoms with Crippen molar-refractivity contribution in [2.75, 3.05) is 37.7 Å². The summed E-state index contributed by atoms with van der Waals surface area (Å²) in [6, 6.07) is 0.808. The molecular formula is C13H26N2S. The smallest absolute Gasteiger partial charge is 0.0108 e. The fraction of sp³-hybridized carbons (Fsp3) is 1.00. The first-order valence-corrected chi connectivity index (χ1v) is 8.03. The summed E-state index contributed by atoms with van der Waals surface area (Å²) in [7, 11) is 0. The van der Waals surface area contributed by atoms with Gasteiger partial charge in [-0.1, -0.05) is 19.8 Å².